The molecule has 3 atom stereocenters. The van der Waals surface area contributed by atoms with Crippen LogP contribution in [0.15, 0.2) is 48.8 Å². The zero-order valence-corrected chi connectivity index (χ0v) is 25.7. The molecule has 3 rings (SSSR count). The molecule has 0 aliphatic carbocycles. The molecule has 0 saturated heterocycles. The molecule has 226 valence electrons. The third-order valence-corrected chi connectivity index (χ3v) is 7.49. The summed E-state index contributed by atoms with van der Waals surface area (Å²) in [6.07, 6.45) is 4.97. The normalized spacial score (nSPS) is 15.2. The summed E-state index contributed by atoms with van der Waals surface area (Å²) in [4.78, 5) is 69.8. The highest BCUT2D eigenvalue weighted by molar-refractivity contribution is 7.81. The van der Waals surface area contributed by atoms with Gasteiger partial charge in [0.15, 0.2) is 0 Å². The molecule has 0 saturated carbocycles. The van der Waals surface area contributed by atoms with Gasteiger partial charge in [0.05, 0.1) is 16.4 Å². The Morgan fingerprint density at radius 2 is 1.48 bits per heavy atom. The van der Waals surface area contributed by atoms with Crippen LogP contribution in [0, 0.1) is 11.3 Å². The minimum absolute atomic E-state index is 0.0952. The Kier molecular flexibility index (Phi) is 11.3. The lowest BCUT2D eigenvalue weighted by atomic mass is 9.85. The van der Waals surface area contributed by atoms with Gasteiger partial charge in [0, 0.05) is 24.6 Å². The number of rotatable bonds is 13. The third-order valence-electron chi connectivity index (χ3n) is 6.99. The van der Waals surface area contributed by atoms with Gasteiger partial charge in [0.2, 0.25) is 17.7 Å². The molecule has 0 bridgehead atoms. The molecule has 11 heteroatoms. The van der Waals surface area contributed by atoms with E-state index in [2.05, 4.69) is 33.6 Å². The molecule has 0 spiro atoms. The van der Waals surface area contributed by atoms with Gasteiger partial charge >= 0.3 is 0 Å². The van der Waals surface area contributed by atoms with E-state index >= 15 is 0 Å². The SMILES string of the molecule is CC(C)C[C@H](NC(=O)[C@@H](S)CCCCN1C(=O)c2ccccc2C1=O)C(=O)NC(C(=O)Nc1ccncc1)C(C)(C)C. The Morgan fingerprint density at radius 1 is 0.881 bits per heavy atom. The Morgan fingerprint density at radius 3 is 2.02 bits per heavy atom. The predicted molar refractivity (Wildman–Crippen MR) is 164 cm³/mol. The molecule has 2 heterocycles. The molecule has 1 aromatic heterocycles. The number of nitrogens with one attached hydrogen (secondary N) is 3. The smallest absolute Gasteiger partial charge is 0.261 e. The van der Waals surface area contributed by atoms with Crippen LogP contribution in [0.2, 0.25) is 0 Å². The molecule has 3 N–H and O–H groups in total. The van der Waals surface area contributed by atoms with E-state index in [-0.39, 0.29) is 30.2 Å². The molecule has 42 heavy (non-hydrogen) atoms. The number of anilines is 1. The van der Waals surface area contributed by atoms with Gasteiger partial charge in [-0.1, -0.05) is 53.2 Å². The third kappa shape index (κ3) is 8.64. The van der Waals surface area contributed by atoms with E-state index in [1.165, 1.54) is 4.90 Å². The lowest BCUT2D eigenvalue weighted by Gasteiger charge is -2.32. The van der Waals surface area contributed by atoms with Gasteiger partial charge in [-0.05, 0) is 54.9 Å². The average molecular weight is 596 g/mol. The first-order valence-electron chi connectivity index (χ1n) is 14.2. The topological polar surface area (TPSA) is 138 Å². The zero-order chi connectivity index (χ0) is 31.0. The van der Waals surface area contributed by atoms with Crippen molar-refractivity contribution in [1.82, 2.24) is 20.5 Å². The second-order valence-electron chi connectivity index (χ2n) is 12.0. The highest BCUT2D eigenvalue weighted by atomic mass is 32.1. The van der Waals surface area contributed by atoms with Crippen molar-refractivity contribution in [3.63, 3.8) is 0 Å². The number of fused-ring (bicyclic) bond motifs is 1. The summed E-state index contributed by atoms with van der Waals surface area (Å²) in [5.41, 5.74) is 0.774. The number of pyridine rings is 1. The van der Waals surface area contributed by atoms with Crippen molar-refractivity contribution in [2.24, 2.45) is 11.3 Å². The number of benzene rings is 1. The minimum Gasteiger partial charge on any atom is -0.343 e. The first-order valence-corrected chi connectivity index (χ1v) is 14.8. The number of carbonyl (C=O) groups excluding carboxylic acids is 5. The summed E-state index contributed by atoms with van der Waals surface area (Å²) in [5.74, 6) is -1.73. The van der Waals surface area contributed by atoms with Crippen molar-refractivity contribution in [1.29, 1.82) is 0 Å². The quantitative estimate of drug-likeness (QED) is 0.158. The van der Waals surface area contributed by atoms with Gasteiger partial charge in [-0.2, -0.15) is 12.6 Å². The highest BCUT2D eigenvalue weighted by Gasteiger charge is 2.36. The molecular formula is C31H41N5O5S. The number of imide groups is 1. The van der Waals surface area contributed by atoms with Crippen molar-refractivity contribution in [2.45, 2.75) is 77.6 Å². The number of unbranched alkanes of at least 4 members (excludes halogenated alkanes) is 1. The van der Waals surface area contributed by atoms with Crippen LogP contribution in [0.1, 0.15) is 81.0 Å². The van der Waals surface area contributed by atoms with E-state index in [1.807, 2.05) is 34.6 Å². The number of carbonyl (C=O) groups is 5. The molecule has 1 unspecified atom stereocenters. The highest BCUT2D eigenvalue weighted by Crippen LogP contribution is 2.24. The summed E-state index contributed by atoms with van der Waals surface area (Å²) in [5, 5.41) is 7.79. The van der Waals surface area contributed by atoms with Crippen LogP contribution in [0.4, 0.5) is 5.69 Å². The lowest BCUT2D eigenvalue weighted by Crippen LogP contribution is -2.57. The number of amides is 5. The molecule has 2 aromatic rings. The van der Waals surface area contributed by atoms with Crippen molar-refractivity contribution >= 4 is 47.9 Å². The van der Waals surface area contributed by atoms with Gasteiger partial charge in [-0.25, -0.2) is 0 Å². The van der Waals surface area contributed by atoms with E-state index in [0.717, 1.165) is 0 Å². The van der Waals surface area contributed by atoms with E-state index in [9.17, 15) is 24.0 Å². The van der Waals surface area contributed by atoms with Crippen LogP contribution >= 0.6 is 12.6 Å². The summed E-state index contributed by atoms with van der Waals surface area (Å²) < 4.78 is 0. The van der Waals surface area contributed by atoms with Crippen molar-refractivity contribution < 1.29 is 24.0 Å². The van der Waals surface area contributed by atoms with Crippen molar-refractivity contribution in [2.75, 3.05) is 11.9 Å². The average Bonchev–Trinajstić information content (AvgIpc) is 3.17. The van der Waals surface area contributed by atoms with Crippen LogP contribution in [-0.4, -0.2) is 63.3 Å². The van der Waals surface area contributed by atoms with Gasteiger partial charge in [-0.3, -0.25) is 33.9 Å². The van der Waals surface area contributed by atoms with E-state index in [0.29, 0.717) is 42.5 Å². The van der Waals surface area contributed by atoms with Crippen LogP contribution in [0.5, 0.6) is 0 Å². The van der Waals surface area contributed by atoms with Crippen LogP contribution in [0.25, 0.3) is 0 Å². The van der Waals surface area contributed by atoms with E-state index in [1.54, 1.807) is 48.8 Å². The largest absolute Gasteiger partial charge is 0.343 e. The maximum Gasteiger partial charge on any atom is 0.261 e. The Labute approximate surface area is 252 Å². The van der Waals surface area contributed by atoms with Gasteiger partial charge < -0.3 is 16.0 Å². The van der Waals surface area contributed by atoms with Crippen molar-refractivity contribution in [3.8, 4) is 0 Å². The van der Waals surface area contributed by atoms with Crippen molar-refractivity contribution in [3.05, 3.63) is 59.9 Å². The van der Waals surface area contributed by atoms with Gasteiger partial charge in [-0.15, -0.1) is 0 Å². The number of hydrogen-bond acceptors (Lipinski definition) is 7. The molecule has 10 nitrogen and oxygen atoms in total. The molecule has 1 aliphatic heterocycles. The summed E-state index contributed by atoms with van der Waals surface area (Å²) >= 11 is 4.46. The second-order valence-corrected chi connectivity index (χ2v) is 12.7. The fraction of sp³-hybridized carbons (Fsp3) is 0.484. The first-order chi connectivity index (χ1) is 19.8. The van der Waals surface area contributed by atoms with Crippen LogP contribution in [0.3, 0.4) is 0 Å². The fourth-order valence-corrected chi connectivity index (χ4v) is 4.98. The number of thiol groups is 1. The maximum absolute atomic E-state index is 13.4. The van der Waals surface area contributed by atoms with Gasteiger partial charge in [0.25, 0.3) is 11.8 Å². The molecular weight excluding hydrogens is 554 g/mol. The summed E-state index contributed by atoms with van der Waals surface area (Å²) in [7, 11) is 0. The minimum atomic E-state index is -0.862. The number of nitrogens with zero attached hydrogens (tertiary/aromatic N) is 2. The maximum atomic E-state index is 13.4. The Hall–Kier alpha value is -3.73. The molecule has 1 aromatic carbocycles. The van der Waals surface area contributed by atoms with E-state index in [4.69, 9.17) is 0 Å². The molecule has 1 aliphatic rings. The van der Waals surface area contributed by atoms with Gasteiger partial charge in [0.1, 0.15) is 12.1 Å². The summed E-state index contributed by atoms with van der Waals surface area (Å²) in [6.45, 7) is 9.70. The summed E-state index contributed by atoms with van der Waals surface area (Å²) in [6, 6.07) is 8.34. The number of hydrogen-bond donors (Lipinski definition) is 4. The monoisotopic (exact) mass is 595 g/mol. The zero-order valence-electron chi connectivity index (χ0n) is 24.8. The predicted octanol–water partition coefficient (Wildman–Crippen LogP) is 3.85. The molecule has 0 fully saturated rings. The molecule has 0 radical (unpaired) electrons. The van der Waals surface area contributed by atoms with Crippen LogP contribution < -0.4 is 16.0 Å². The number of aromatic nitrogens is 1. The molecule has 5 amide bonds. The van der Waals surface area contributed by atoms with E-state index < -0.39 is 34.6 Å². The Bertz CT molecular complexity index is 1260. The Balaban J connectivity index is 1.55. The lowest BCUT2D eigenvalue weighted by molar-refractivity contribution is -0.132. The fourth-order valence-electron chi connectivity index (χ4n) is 4.72. The first kappa shape index (κ1) is 32.8. The standard InChI is InChI=1S/C31H41N5O5S/c1-19(2)18-23(26(37)35-25(31(3,4)5)28(39)33-20-13-15-32-16-14-20)34-27(38)24(42)12-8-9-17-36-29(40)21-10-6-7-11-22(21)30(36)41/h6-7,10-11,13-16,19,23-25,42H,8-9,12,17-18H2,1-5H3,(H,34,38)(H,35,37)(H,32,33,39)/t23-,24-,25?/m0/s1. The van der Waals surface area contributed by atoms with Crippen LogP contribution in [-0.2, 0) is 14.4 Å². The second kappa shape index (κ2) is 14.4.